The van der Waals surface area contributed by atoms with E-state index in [1.54, 1.807) is 6.92 Å². The topological polar surface area (TPSA) is 96.6 Å². The molecular weight excluding hydrogens is 367 g/mol. The van der Waals surface area contributed by atoms with Crippen molar-refractivity contribution in [3.05, 3.63) is 0 Å². The molecule has 0 radical (unpaired) electrons. The summed E-state index contributed by atoms with van der Waals surface area (Å²) in [5, 5.41) is 2.88. The van der Waals surface area contributed by atoms with E-state index in [4.69, 9.17) is 5.73 Å². The maximum Gasteiger partial charge on any atom is 0.211 e. The first-order valence-corrected chi connectivity index (χ1v) is 7.70. The number of sulfonamides is 1. The van der Waals surface area contributed by atoms with Crippen LogP contribution in [0.15, 0.2) is 4.99 Å². The fraction of sp³-hybridized carbons (Fsp3) is 0.900. The second-order valence-electron chi connectivity index (χ2n) is 4.25. The molecule has 0 unspecified atom stereocenters. The highest BCUT2D eigenvalue weighted by Gasteiger charge is 2.16. The van der Waals surface area contributed by atoms with Gasteiger partial charge >= 0.3 is 0 Å². The van der Waals surface area contributed by atoms with Gasteiger partial charge in [0.15, 0.2) is 5.96 Å². The van der Waals surface area contributed by atoms with Crippen LogP contribution in [-0.2, 0) is 10.0 Å². The SMILES string of the molecule is CCS(=O)(=O)NCCNC(N)=NCC1CCC1.I. The van der Waals surface area contributed by atoms with E-state index in [0.717, 1.165) is 6.54 Å². The molecule has 1 saturated carbocycles. The lowest BCUT2D eigenvalue weighted by Crippen LogP contribution is -2.39. The van der Waals surface area contributed by atoms with Crippen LogP contribution in [0, 0.1) is 5.92 Å². The van der Waals surface area contributed by atoms with Gasteiger partial charge in [-0.3, -0.25) is 4.99 Å². The Morgan fingerprint density at radius 2 is 2.06 bits per heavy atom. The Labute approximate surface area is 126 Å². The Kier molecular flexibility index (Phi) is 8.87. The highest BCUT2D eigenvalue weighted by Crippen LogP contribution is 2.26. The van der Waals surface area contributed by atoms with Crippen LogP contribution in [0.2, 0.25) is 0 Å². The van der Waals surface area contributed by atoms with Crippen LogP contribution in [0.4, 0.5) is 0 Å². The van der Waals surface area contributed by atoms with Gasteiger partial charge in [0.2, 0.25) is 10.0 Å². The molecule has 1 rings (SSSR count). The molecule has 0 amide bonds. The fourth-order valence-corrected chi connectivity index (χ4v) is 2.08. The van der Waals surface area contributed by atoms with E-state index in [-0.39, 0.29) is 29.7 Å². The molecule has 6 nitrogen and oxygen atoms in total. The van der Waals surface area contributed by atoms with Gasteiger partial charge in [-0.15, -0.1) is 24.0 Å². The molecule has 0 atom stereocenters. The number of hydrogen-bond acceptors (Lipinski definition) is 3. The van der Waals surface area contributed by atoms with Gasteiger partial charge in [0, 0.05) is 19.6 Å². The second kappa shape index (κ2) is 8.92. The second-order valence-corrected chi connectivity index (χ2v) is 6.34. The van der Waals surface area contributed by atoms with Crippen LogP contribution in [0.3, 0.4) is 0 Å². The van der Waals surface area contributed by atoms with Gasteiger partial charge in [0.1, 0.15) is 0 Å². The Balaban J connectivity index is 0.00000289. The number of aliphatic imine (C=N–C) groups is 1. The summed E-state index contributed by atoms with van der Waals surface area (Å²) in [6, 6.07) is 0. The monoisotopic (exact) mass is 390 g/mol. The molecule has 0 bridgehead atoms. The Morgan fingerprint density at radius 1 is 1.39 bits per heavy atom. The largest absolute Gasteiger partial charge is 0.370 e. The summed E-state index contributed by atoms with van der Waals surface area (Å²) in [7, 11) is -3.11. The summed E-state index contributed by atoms with van der Waals surface area (Å²) in [5.74, 6) is 1.18. The molecule has 0 spiro atoms. The molecule has 0 aromatic heterocycles. The molecule has 0 aromatic rings. The van der Waals surface area contributed by atoms with Gasteiger partial charge in [-0.1, -0.05) is 6.42 Å². The molecule has 1 aliphatic rings. The number of rotatable bonds is 7. The quantitative estimate of drug-likeness (QED) is 0.251. The molecule has 8 heteroatoms. The van der Waals surface area contributed by atoms with E-state index in [9.17, 15) is 8.42 Å². The minimum Gasteiger partial charge on any atom is -0.370 e. The van der Waals surface area contributed by atoms with Crippen molar-refractivity contribution >= 4 is 40.0 Å². The fourth-order valence-electron chi connectivity index (χ4n) is 1.46. The zero-order valence-electron chi connectivity index (χ0n) is 10.7. The van der Waals surface area contributed by atoms with Gasteiger partial charge in [0.25, 0.3) is 0 Å². The lowest BCUT2D eigenvalue weighted by Gasteiger charge is -2.23. The minimum absolute atomic E-state index is 0. The maximum absolute atomic E-state index is 11.1. The summed E-state index contributed by atoms with van der Waals surface area (Å²) < 4.78 is 24.7. The predicted molar refractivity (Wildman–Crippen MR) is 84.7 cm³/mol. The van der Waals surface area contributed by atoms with E-state index in [0.29, 0.717) is 25.0 Å². The van der Waals surface area contributed by atoms with Crippen molar-refractivity contribution in [2.24, 2.45) is 16.6 Å². The van der Waals surface area contributed by atoms with Crippen molar-refractivity contribution in [2.45, 2.75) is 26.2 Å². The molecular formula is C10H23IN4O2S. The number of halogens is 1. The number of hydrogen-bond donors (Lipinski definition) is 3. The number of nitrogens with two attached hydrogens (primary N) is 1. The van der Waals surface area contributed by atoms with Crippen LogP contribution < -0.4 is 15.8 Å². The third kappa shape index (κ3) is 7.37. The zero-order chi connectivity index (χ0) is 12.7. The average molecular weight is 390 g/mol. The van der Waals surface area contributed by atoms with Crippen LogP contribution >= 0.6 is 24.0 Å². The highest BCUT2D eigenvalue weighted by atomic mass is 127. The van der Waals surface area contributed by atoms with Gasteiger partial charge in [-0.2, -0.15) is 0 Å². The molecule has 1 fully saturated rings. The van der Waals surface area contributed by atoms with Gasteiger partial charge < -0.3 is 11.1 Å². The highest BCUT2D eigenvalue weighted by molar-refractivity contribution is 14.0. The molecule has 0 heterocycles. The van der Waals surface area contributed by atoms with Crippen molar-refractivity contribution < 1.29 is 8.42 Å². The van der Waals surface area contributed by atoms with Crippen molar-refractivity contribution in [1.82, 2.24) is 10.0 Å². The maximum atomic E-state index is 11.1. The first kappa shape index (κ1) is 17.9. The standard InChI is InChI=1S/C10H22N4O2S.HI/c1-2-17(15,16)14-7-6-12-10(11)13-8-9-4-3-5-9;/h9,14H,2-8H2,1H3,(H3,11,12,13);1H. The first-order valence-electron chi connectivity index (χ1n) is 6.04. The minimum atomic E-state index is -3.11. The van der Waals surface area contributed by atoms with Crippen molar-refractivity contribution in [3.8, 4) is 0 Å². The van der Waals surface area contributed by atoms with Crippen LogP contribution in [0.5, 0.6) is 0 Å². The van der Waals surface area contributed by atoms with Crippen LogP contribution in [0.25, 0.3) is 0 Å². The van der Waals surface area contributed by atoms with Crippen LogP contribution in [0.1, 0.15) is 26.2 Å². The lowest BCUT2D eigenvalue weighted by molar-refractivity contribution is 0.326. The number of guanidine groups is 1. The molecule has 0 aromatic carbocycles. The van der Waals surface area contributed by atoms with E-state index in [2.05, 4.69) is 15.0 Å². The first-order chi connectivity index (χ1) is 8.03. The van der Waals surface area contributed by atoms with Crippen molar-refractivity contribution in [2.75, 3.05) is 25.4 Å². The van der Waals surface area contributed by atoms with Crippen molar-refractivity contribution in [3.63, 3.8) is 0 Å². The third-order valence-corrected chi connectivity index (χ3v) is 4.28. The lowest BCUT2D eigenvalue weighted by atomic mass is 9.86. The smallest absolute Gasteiger partial charge is 0.211 e. The normalized spacial score (nSPS) is 16.8. The van der Waals surface area contributed by atoms with Crippen molar-refractivity contribution in [1.29, 1.82) is 0 Å². The number of nitrogens with zero attached hydrogens (tertiary/aromatic N) is 1. The molecule has 1 aliphatic carbocycles. The summed E-state index contributed by atoms with van der Waals surface area (Å²) in [4.78, 5) is 4.21. The summed E-state index contributed by atoms with van der Waals surface area (Å²) in [6.07, 6.45) is 3.78. The Bertz CT molecular complexity index is 355. The Morgan fingerprint density at radius 3 is 2.56 bits per heavy atom. The summed E-state index contributed by atoms with van der Waals surface area (Å²) >= 11 is 0. The molecule has 4 N–H and O–H groups in total. The van der Waals surface area contributed by atoms with Crippen LogP contribution in [-0.4, -0.2) is 39.8 Å². The molecule has 0 saturated heterocycles. The van der Waals surface area contributed by atoms with Gasteiger partial charge in [-0.25, -0.2) is 13.1 Å². The Hall–Kier alpha value is -0.0900. The van der Waals surface area contributed by atoms with E-state index in [1.807, 2.05) is 0 Å². The van der Waals surface area contributed by atoms with Gasteiger partial charge in [-0.05, 0) is 25.7 Å². The molecule has 0 aliphatic heterocycles. The van der Waals surface area contributed by atoms with Gasteiger partial charge in [0.05, 0.1) is 5.75 Å². The molecule has 18 heavy (non-hydrogen) atoms. The van der Waals surface area contributed by atoms with E-state index in [1.165, 1.54) is 19.3 Å². The summed E-state index contributed by atoms with van der Waals surface area (Å²) in [6.45, 7) is 3.17. The average Bonchev–Trinajstić information content (AvgIpc) is 2.22. The summed E-state index contributed by atoms with van der Waals surface area (Å²) in [5.41, 5.74) is 5.64. The zero-order valence-corrected chi connectivity index (χ0v) is 13.8. The number of nitrogens with one attached hydrogen (secondary N) is 2. The van der Waals surface area contributed by atoms with E-state index < -0.39 is 10.0 Å². The molecule has 108 valence electrons. The predicted octanol–water partition coefficient (Wildman–Crippen LogP) is 0.248. The third-order valence-electron chi connectivity index (χ3n) is 2.88. The van der Waals surface area contributed by atoms with E-state index >= 15 is 0 Å².